The first-order valence-electron chi connectivity index (χ1n) is 5.82. The van der Waals surface area contributed by atoms with Gasteiger partial charge in [0.2, 0.25) is 5.91 Å². The molecule has 2 unspecified atom stereocenters. The van der Waals surface area contributed by atoms with Gasteiger partial charge in [-0.15, -0.1) is 0 Å². The first kappa shape index (κ1) is 10.5. The summed E-state index contributed by atoms with van der Waals surface area (Å²) >= 11 is 0. The van der Waals surface area contributed by atoms with Crippen LogP contribution in [0.15, 0.2) is 0 Å². The fourth-order valence-corrected chi connectivity index (χ4v) is 4.74. The highest BCUT2D eigenvalue weighted by Crippen LogP contribution is 2.33. The molecule has 1 N–H and O–H groups in total. The minimum Gasteiger partial charge on any atom is -0.334 e. The Bertz CT molecular complexity index is 416. The average molecular weight is 244 g/mol. The Morgan fingerprint density at radius 1 is 1.25 bits per heavy atom. The van der Waals surface area contributed by atoms with E-state index in [-0.39, 0.29) is 29.5 Å². The van der Waals surface area contributed by atoms with Gasteiger partial charge in [-0.05, 0) is 12.8 Å². The zero-order valence-corrected chi connectivity index (χ0v) is 9.87. The van der Waals surface area contributed by atoms with E-state index in [4.69, 9.17) is 0 Å². The quantitative estimate of drug-likeness (QED) is 0.651. The maximum absolute atomic E-state index is 11.9. The molecule has 0 aromatic carbocycles. The minimum atomic E-state index is -2.96. The molecule has 2 saturated heterocycles. The second-order valence-corrected chi connectivity index (χ2v) is 7.14. The van der Waals surface area contributed by atoms with Crippen molar-refractivity contribution in [2.45, 2.75) is 37.4 Å². The van der Waals surface area contributed by atoms with Crippen LogP contribution in [0, 0.1) is 0 Å². The molecule has 2 aliphatic heterocycles. The molecule has 16 heavy (non-hydrogen) atoms. The third-order valence-corrected chi connectivity index (χ3v) is 5.37. The van der Waals surface area contributed by atoms with E-state index in [1.165, 1.54) is 0 Å². The molecular weight excluding hydrogens is 228 g/mol. The molecule has 5 nitrogen and oxygen atoms in total. The van der Waals surface area contributed by atoms with E-state index in [0.29, 0.717) is 19.0 Å². The number of carbonyl (C=O) groups is 1. The Hall–Kier alpha value is -0.620. The van der Waals surface area contributed by atoms with E-state index in [0.717, 1.165) is 12.8 Å². The lowest BCUT2D eigenvalue weighted by Gasteiger charge is -2.29. The average Bonchev–Trinajstić information content (AvgIpc) is 2.94. The van der Waals surface area contributed by atoms with Gasteiger partial charge in [0, 0.05) is 25.0 Å². The molecule has 0 aromatic rings. The Morgan fingerprint density at radius 2 is 2.00 bits per heavy atom. The Morgan fingerprint density at radius 3 is 2.69 bits per heavy atom. The number of nitrogens with zero attached hydrogens (tertiary/aromatic N) is 1. The van der Waals surface area contributed by atoms with Gasteiger partial charge in [0.15, 0.2) is 9.84 Å². The van der Waals surface area contributed by atoms with Gasteiger partial charge in [0.05, 0.1) is 17.5 Å². The highest BCUT2D eigenvalue weighted by Gasteiger charge is 2.48. The van der Waals surface area contributed by atoms with Crippen molar-refractivity contribution in [2.24, 2.45) is 0 Å². The van der Waals surface area contributed by atoms with Gasteiger partial charge in [0.25, 0.3) is 0 Å². The Labute approximate surface area is 95.1 Å². The molecular formula is C10H16N2O3S. The van der Waals surface area contributed by atoms with E-state index in [1.54, 1.807) is 0 Å². The normalized spacial score (nSPS) is 38.2. The third-order valence-electron chi connectivity index (χ3n) is 3.65. The lowest BCUT2D eigenvalue weighted by molar-refractivity contribution is -0.132. The van der Waals surface area contributed by atoms with Crippen LogP contribution in [0.5, 0.6) is 0 Å². The van der Waals surface area contributed by atoms with Gasteiger partial charge in [-0.3, -0.25) is 4.79 Å². The van der Waals surface area contributed by atoms with Crippen LogP contribution >= 0.6 is 0 Å². The zero-order chi connectivity index (χ0) is 11.3. The van der Waals surface area contributed by atoms with Crippen LogP contribution in [0.1, 0.15) is 19.3 Å². The molecule has 1 saturated carbocycles. The molecule has 3 rings (SSSR count). The summed E-state index contributed by atoms with van der Waals surface area (Å²) in [5.41, 5.74) is 0. The molecule has 0 aromatic heterocycles. The first-order chi connectivity index (χ1) is 7.57. The summed E-state index contributed by atoms with van der Waals surface area (Å²) in [6, 6.07) is 0.151. The van der Waals surface area contributed by atoms with Crippen LogP contribution in [0.3, 0.4) is 0 Å². The molecule has 2 heterocycles. The molecule has 0 radical (unpaired) electrons. The van der Waals surface area contributed by atoms with Crippen molar-refractivity contribution in [3.8, 4) is 0 Å². The Kier molecular flexibility index (Phi) is 2.26. The number of carbonyl (C=O) groups excluding carboxylic acids is 1. The second-order valence-electron chi connectivity index (χ2n) is 4.99. The largest absolute Gasteiger partial charge is 0.334 e. The van der Waals surface area contributed by atoms with Crippen LogP contribution in [-0.2, 0) is 14.6 Å². The fourth-order valence-electron chi connectivity index (χ4n) is 2.80. The van der Waals surface area contributed by atoms with Crippen LogP contribution in [-0.4, -0.2) is 55.4 Å². The third kappa shape index (κ3) is 1.73. The fraction of sp³-hybridized carbons (Fsp3) is 0.900. The Balaban J connectivity index is 1.91. The maximum Gasteiger partial charge on any atom is 0.224 e. The van der Waals surface area contributed by atoms with E-state index < -0.39 is 9.84 Å². The maximum atomic E-state index is 11.9. The highest BCUT2D eigenvalue weighted by molar-refractivity contribution is 7.91. The first-order valence-corrected chi connectivity index (χ1v) is 7.64. The lowest BCUT2D eigenvalue weighted by Crippen LogP contribution is -2.49. The van der Waals surface area contributed by atoms with Crippen LogP contribution in [0.2, 0.25) is 0 Å². The molecule has 0 bridgehead atoms. The van der Waals surface area contributed by atoms with Crippen molar-refractivity contribution in [3.05, 3.63) is 0 Å². The number of sulfone groups is 1. The zero-order valence-electron chi connectivity index (χ0n) is 9.05. The predicted octanol–water partition coefficient (Wildman–Crippen LogP) is -0.864. The molecule has 1 amide bonds. The van der Waals surface area contributed by atoms with Crippen molar-refractivity contribution in [3.63, 3.8) is 0 Å². The monoisotopic (exact) mass is 244 g/mol. The summed E-state index contributed by atoms with van der Waals surface area (Å²) in [7, 11) is -2.96. The van der Waals surface area contributed by atoms with E-state index in [1.807, 2.05) is 4.90 Å². The van der Waals surface area contributed by atoms with Gasteiger partial charge in [0.1, 0.15) is 0 Å². The SMILES string of the molecule is O=C1CCNC2CS(=O)(=O)CC2N1C1CC1. The molecule has 90 valence electrons. The highest BCUT2D eigenvalue weighted by atomic mass is 32.2. The van der Waals surface area contributed by atoms with Gasteiger partial charge >= 0.3 is 0 Å². The second kappa shape index (κ2) is 3.43. The predicted molar refractivity (Wildman–Crippen MR) is 58.7 cm³/mol. The molecule has 0 spiro atoms. The van der Waals surface area contributed by atoms with Crippen molar-refractivity contribution in [2.75, 3.05) is 18.1 Å². The number of nitrogens with one attached hydrogen (secondary N) is 1. The topological polar surface area (TPSA) is 66.5 Å². The van der Waals surface area contributed by atoms with Crippen LogP contribution < -0.4 is 5.32 Å². The van der Waals surface area contributed by atoms with Gasteiger partial charge < -0.3 is 10.2 Å². The molecule has 2 atom stereocenters. The summed E-state index contributed by atoms with van der Waals surface area (Å²) in [5.74, 6) is 0.459. The van der Waals surface area contributed by atoms with Gasteiger partial charge in [-0.2, -0.15) is 0 Å². The summed E-state index contributed by atoms with van der Waals surface area (Å²) in [6.07, 6.45) is 2.58. The van der Waals surface area contributed by atoms with Crippen molar-refractivity contribution >= 4 is 15.7 Å². The minimum absolute atomic E-state index is 0.0444. The number of hydrogen-bond donors (Lipinski definition) is 1. The van der Waals surface area contributed by atoms with Crippen LogP contribution in [0.4, 0.5) is 0 Å². The van der Waals surface area contributed by atoms with E-state index in [2.05, 4.69) is 5.32 Å². The number of hydrogen-bond acceptors (Lipinski definition) is 4. The molecule has 3 fully saturated rings. The number of amides is 1. The van der Waals surface area contributed by atoms with Crippen molar-refractivity contribution < 1.29 is 13.2 Å². The van der Waals surface area contributed by atoms with Crippen molar-refractivity contribution in [1.82, 2.24) is 10.2 Å². The molecule has 3 aliphatic rings. The number of rotatable bonds is 1. The summed E-state index contributed by atoms with van der Waals surface area (Å²) in [4.78, 5) is 13.8. The van der Waals surface area contributed by atoms with Gasteiger partial charge in [-0.1, -0.05) is 0 Å². The van der Waals surface area contributed by atoms with Crippen LogP contribution in [0.25, 0.3) is 0 Å². The van der Waals surface area contributed by atoms with Gasteiger partial charge in [-0.25, -0.2) is 8.42 Å². The smallest absolute Gasteiger partial charge is 0.224 e. The summed E-state index contributed by atoms with van der Waals surface area (Å²) in [6.45, 7) is 0.610. The number of fused-ring (bicyclic) bond motifs is 1. The summed E-state index contributed by atoms with van der Waals surface area (Å²) in [5, 5.41) is 3.20. The standard InChI is InChI=1S/C10H16N2O3S/c13-10-3-4-11-8-5-16(14,15)6-9(8)12(10)7-1-2-7/h7-9,11H,1-6H2. The lowest BCUT2D eigenvalue weighted by atomic mass is 10.1. The molecule has 1 aliphatic carbocycles. The van der Waals surface area contributed by atoms with Crippen molar-refractivity contribution in [1.29, 1.82) is 0 Å². The summed E-state index contributed by atoms with van der Waals surface area (Å²) < 4.78 is 23.3. The van der Waals surface area contributed by atoms with E-state index in [9.17, 15) is 13.2 Å². The molecule has 6 heteroatoms. The van der Waals surface area contributed by atoms with E-state index >= 15 is 0 Å².